The van der Waals surface area contributed by atoms with Crippen LogP contribution in [0.15, 0.2) is 24.4 Å². The average Bonchev–Trinajstić information content (AvgIpc) is 2.54. The van der Waals surface area contributed by atoms with Crippen molar-refractivity contribution in [3.05, 3.63) is 24.4 Å². The number of aromatic nitrogens is 1. The number of piperazine rings is 1. The standard InChI is InChI=1S/C18H29N5O/c1-14(21-18(24)15(2)16-11-19-12-16)13-22-7-9-23(10-8-22)17-5-3-4-6-20-17/h3-6,14-16,19H,7-13H2,1-2H3,(H,21,24). The van der Waals surface area contributed by atoms with Crippen LogP contribution < -0.4 is 15.5 Å². The Balaban J connectivity index is 1.40. The Bertz CT molecular complexity index is 525. The predicted octanol–water partition coefficient (Wildman–Crippen LogP) is 0.564. The number of nitrogens with zero attached hydrogens (tertiary/aromatic N) is 3. The molecule has 2 unspecified atom stereocenters. The molecule has 1 aromatic rings. The fourth-order valence-electron chi connectivity index (χ4n) is 3.39. The second kappa shape index (κ2) is 7.94. The van der Waals surface area contributed by atoms with Gasteiger partial charge in [0.25, 0.3) is 0 Å². The summed E-state index contributed by atoms with van der Waals surface area (Å²) in [6.45, 7) is 11.0. The van der Waals surface area contributed by atoms with E-state index in [9.17, 15) is 4.79 Å². The topological polar surface area (TPSA) is 60.5 Å². The second-order valence-electron chi connectivity index (χ2n) is 7.09. The normalized spacial score (nSPS) is 21.8. The molecule has 3 rings (SSSR count). The van der Waals surface area contributed by atoms with Crippen LogP contribution in [0.3, 0.4) is 0 Å². The van der Waals surface area contributed by atoms with Gasteiger partial charge in [0.2, 0.25) is 5.91 Å². The van der Waals surface area contributed by atoms with Crippen LogP contribution in [0, 0.1) is 11.8 Å². The van der Waals surface area contributed by atoms with Crippen molar-refractivity contribution in [2.45, 2.75) is 19.9 Å². The third kappa shape index (κ3) is 4.24. The molecule has 132 valence electrons. The lowest BCUT2D eigenvalue weighted by molar-refractivity contribution is -0.127. The van der Waals surface area contributed by atoms with E-state index in [1.165, 1.54) is 0 Å². The molecule has 1 aromatic heterocycles. The molecule has 0 saturated carbocycles. The van der Waals surface area contributed by atoms with Crippen molar-refractivity contribution in [2.24, 2.45) is 11.8 Å². The number of carbonyl (C=O) groups excluding carboxylic acids is 1. The maximum absolute atomic E-state index is 12.3. The quantitative estimate of drug-likeness (QED) is 0.798. The van der Waals surface area contributed by atoms with E-state index in [1.54, 1.807) is 0 Å². The zero-order valence-electron chi connectivity index (χ0n) is 14.7. The van der Waals surface area contributed by atoms with Crippen LogP contribution in [-0.2, 0) is 4.79 Å². The van der Waals surface area contributed by atoms with E-state index >= 15 is 0 Å². The number of anilines is 1. The molecular formula is C18H29N5O. The number of pyridine rings is 1. The van der Waals surface area contributed by atoms with Crippen LogP contribution >= 0.6 is 0 Å². The minimum atomic E-state index is 0.106. The molecule has 2 aliphatic rings. The summed E-state index contributed by atoms with van der Waals surface area (Å²) >= 11 is 0. The molecule has 2 saturated heterocycles. The lowest BCUT2D eigenvalue weighted by atomic mass is 9.88. The zero-order valence-corrected chi connectivity index (χ0v) is 14.7. The Morgan fingerprint density at radius 1 is 1.29 bits per heavy atom. The number of nitrogens with one attached hydrogen (secondary N) is 2. The Morgan fingerprint density at radius 3 is 2.62 bits per heavy atom. The molecule has 0 spiro atoms. The maximum atomic E-state index is 12.3. The monoisotopic (exact) mass is 331 g/mol. The Hall–Kier alpha value is -1.66. The molecule has 0 aromatic carbocycles. The van der Waals surface area contributed by atoms with Crippen molar-refractivity contribution in [3.8, 4) is 0 Å². The summed E-state index contributed by atoms with van der Waals surface area (Å²) in [4.78, 5) is 21.5. The Morgan fingerprint density at radius 2 is 2.04 bits per heavy atom. The molecular weight excluding hydrogens is 302 g/mol. The highest BCUT2D eigenvalue weighted by molar-refractivity contribution is 5.79. The third-order valence-corrected chi connectivity index (χ3v) is 5.20. The van der Waals surface area contributed by atoms with Gasteiger partial charge in [-0.25, -0.2) is 4.98 Å². The molecule has 2 atom stereocenters. The van der Waals surface area contributed by atoms with Gasteiger partial charge < -0.3 is 15.5 Å². The lowest BCUT2D eigenvalue weighted by Crippen LogP contribution is -2.53. The molecule has 2 fully saturated rings. The van der Waals surface area contributed by atoms with E-state index in [2.05, 4.69) is 38.4 Å². The minimum absolute atomic E-state index is 0.106. The van der Waals surface area contributed by atoms with Gasteiger partial charge in [-0.1, -0.05) is 13.0 Å². The first kappa shape index (κ1) is 17.2. The van der Waals surface area contributed by atoms with E-state index in [0.29, 0.717) is 5.92 Å². The van der Waals surface area contributed by atoms with Gasteiger partial charge in [0.15, 0.2) is 0 Å². The van der Waals surface area contributed by atoms with Gasteiger partial charge in [-0.05, 0) is 38.1 Å². The third-order valence-electron chi connectivity index (χ3n) is 5.20. The first-order valence-electron chi connectivity index (χ1n) is 9.03. The van der Waals surface area contributed by atoms with Crippen molar-refractivity contribution in [2.75, 3.05) is 50.7 Å². The summed E-state index contributed by atoms with van der Waals surface area (Å²) in [6.07, 6.45) is 1.85. The van der Waals surface area contributed by atoms with Crippen LogP contribution in [0.25, 0.3) is 0 Å². The molecule has 6 nitrogen and oxygen atoms in total. The lowest BCUT2D eigenvalue weighted by Gasteiger charge is -2.37. The van der Waals surface area contributed by atoms with Crippen molar-refractivity contribution in [3.63, 3.8) is 0 Å². The summed E-state index contributed by atoms with van der Waals surface area (Å²) < 4.78 is 0. The van der Waals surface area contributed by atoms with Gasteiger partial charge in [0.1, 0.15) is 5.82 Å². The van der Waals surface area contributed by atoms with E-state index < -0.39 is 0 Å². The van der Waals surface area contributed by atoms with E-state index in [-0.39, 0.29) is 17.9 Å². The highest BCUT2D eigenvalue weighted by Crippen LogP contribution is 2.16. The molecule has 6 heteroatoms. The Kier molecular flexibility index (Phi) is 5.68. The van der Waals surface area contributed by atoms with Gasteiger partial charge in [0.05, 0.1) is 0 Å². The second-order valence-corrected chi connectivity index (χ2v) is 7.09. The summed E-state index contributed by atoms with van der Waals surface area (Å²) in [7, 11) is 0. The summed E-state index contributed by atoms with van der Waals surface area (Å²) in [5, 5.41) is 6.42. The molecule has 0 bridgehead atoms. The SMILES string of the molecule is CC(CN1CCN(c2ccccn2)CC1)NC(=O)C(C)C1CNC1. The predicted molar refractivity (Wildman–Crippen MR) is 96.0 cm³/mol. The minimum Gasteiger partial charge on any atom is -0.354 e. The fourth-order valence-corrected chi connectivity index (χ4v) is 3.39. The highest BCUT2D eigenvalue weighted by Gasteiger charge is 2.29. The van der Waals surface area contributed by atoms with Crippen molar-refractivity contribution >= 4 is 11.7 Å². The van der Waals surface area contributed by atoms with Gasteiger partial charge in [0, 0.05) is 50.9 Å². The first-order chi connectivity index (χ1) is 11.6. The van der Waals surface area contributed by atoms with E-state index in [1.807, 2.05) is 25.3 Å². The highest BCUT2D eigenvalue weighted by atomic mass is 16.1. The van der Waals surface area contributed by atoms with Crippen LogP contribution in [0.1, 0.15) is 13.8 Å². The summed E-state index contributed by atoms with van der Waals surface area (Å²) in [5.41, 5.74) is 0. The van der Waals surface area contributed by atoms with Gasteiger partial charge in [-0.15, -0.1) is 0 Å². The molecule has 1 amide bonds. The number of hydrogen-bond donors (Lipinski definition) is 2. The van der Waals surface area contributed by atoms with Crippen molar-refractivity contribution < 1.29 is 4.79 Å². The molecule has 2 aliphatic heterocycles. The van der Waals surface area contributed by atoms with Crippen LogP contribution in [0.2, 0.25) is 0 Å². The summed E-state index contributed by atoms with van der Waals surface area (Å²) in [6, 6.07) is 6.24. The average molecular weight is 331 g/mol. The van der Waals surface area contributed by atoms with Crippen molar-refractivity contribution in [1.82, 2.24) is 20.5 Å². The molecule has 0 aliphatic carbocycles. The molecule has 24 heavy (non-hydrogen) atoms. The summed E-state index contributed by atoms with van der Waals surface area (Å²) in [5.74, 6) is 1.86. The molecule has 3 heterocycles. The largest absolute Gasteiger partial charge is 0.354 e. The fraction of sp³-hybridized carbons (Fsp3) is 0.667. The van der Waals surface area contributed by atoms with Crippen LogP contribution in [0.5, 0.6) is 0 Å². The number of carbonyl (C=O) groups is 1. The Labute approximate surface area is 144 Å². The maximum Gasteiger partial charge on any atom is 0.223 e. The van der Waals surface area contributed by atoms with E-state index in [0.717, 1.165) is 51.6 Å². The van der Waals surface area contributed by atoms with Gasteiger partial charge >= 0.3 is 0 Å². The first-order valence-corrected chi connectivity index (χ1v) is 9.03. The smallest absolute Gasteiger partial charge is 0.223 e. The zero-order chi connectivity index (χ0) is 16.9. The number of hydrogen-bond acceptors (Lipinski definition) is 5. The van der Waals surface area contributed by atoms with Gasteiger partial charge in [-0.2, -0.15) is 0 Å². The van der Waals surface area contributed by atoms with Gasteiger partial charge in [-0.3, -0.25) is 9.69 Å². The van der Waals surface area contributed by atoms with Crippen LogP contribution in [0.4, 0.5) is 5.82 Å². The van der Waals surface area contributed by atoms with E-state index in [4.69, 9.17) is 0 Å². The van der Waals surface area contributed by atoms with Crippen molar-refractivity contribution in [1.29, 1.82) is 0 Å². The number of amides is 1. The number of rotatable bonds is 6. The van der Waals surface area contributed by atoms with Crippen LogP contribution in [-0.4, -0.2) is 67.6 Å². The molecule has 0 radical (unpaired) electrons. The molecule has 2 N–H and O–H groups in total.